The lowest BCUT2D eigenvalue weighted by Gasteiger charge is -2.39. The van der Waals surface area contributed by atoms with Gasteiger partial charge in [-0.2, -0.15) is 0 Å². The van der Waals surface area contributed by atoms with Gasteiger partial charge in [0.05, 0.1) is 7.11 Å². The minimum absolute atomic E-state index is 0.0218. The van der Waals surface area contributed by atoms with Gasteiger partial charge >= 0.3 is 0 Å². The van der Waals surface area contributed by atoms with Gasteiger partial charge in [-0.05, 0) is 58.9 Å². The lowest BCUT2D eigenvalue weighted by Crippen LogP contribution is -2.56. The number of rotatable bonds is 17. The summed E-state index contributed by atoms with van der Waals surface area (Å²) in [5.41, 5.74) is 5.29. The minimum Gasteiger partial charge on any atom is -0.497 e. The topological polar surface area (TPSA) is 53.1 Å². The highest BCUT2D eigenvalue weighted by molar-refractivity contribution is 5.95. The molecule has 3 aromatic rings. The highest BCUT2D eigenvalue weighted by Crippen LogP contribution is 2.20. The van der Waals surface area contributed by atoms with Gasteiger partial charge in [-0.1, -0.05) is 118 Å². The number of allylic oxidation sites excluding steroid dienone is 2. The van der Waals surface area contributed by atoms with Crippen LogP contribution >= 0.6 is 0 Å². The Morgan fingerprint density at radius 3 is 2.19 bits per heavy atom. The maximum absolute atomic E-state index is 14.5. The number of ether oxygens (including phenoxy) is 1. The zero-order chi connectivity index (χ0) is 34.1. The van der Waals surface area contributed by atoms with Crippen LogP contribution in [-0.4, -0.2) is 72.4 Å². The quantitative estimate of drug-likeness (QED) is 0.0866. The number of carbonyl (C=O) groups is 2. The molecule has 3 aromatic carbocycles. The molecule has 48 heavy (non-hydrogen) atoms. The van der Waals surface area contributed by atoms with Crippen molar-refractivity contribution in [3.05, 3.63) is 144 Å². The molecule has 0 saturated carbocycles. The standard InChI is InChI=1S/C42H51N3O3/c1-5-8-10-14-35-17-19-38(20-18-35)33-45(41(46)26-23-36-21-24-39(48-4)25-22-36)40(31-37-15-11-9-12-16-37)42(47)44-29-27-43(28-30-44)32-34(7-3)13-6-2/h6-7,9,11-13,15-26,40H,2-3,5,8,10,14,27-33H2,1,4H3/b26-23+,34-13+/t40-/m0/s1. The van der Waals surface area contributed by atoms with Gasteiger partial charge in [-0.3, -0.25) is 14.5 Å². The van der Waals surface area contributed by atoms with Crippen LogP contribution in [0.2, 0.25) is 0 Å². The Kier molecular flexibility index (Phi) is 14.5. The Balaban J connectivity index is 1.61. The van der Waals surface area contributed by atoms with E-state index in [0.29, 0.717) is 26.1 Å². The summed E-state index contributed by atoms with van der Waals surface area (Å²) in [5, 5.41) is 0. The second-order valence-corrected chi connectivity index (χ2v) is 12.3. The number of methoxy groups -OCH3 is 1. The highest BCUT2D eigenvalue weighted by Gasteiger charge is 2.34. The first-order valence-electron chi connectivity index (χ1n) is 17.1. The van der Waals surface area contributed by atoms with E-state index in [2.05, 4.69) is 49.2 Å². The van der Waals surface area contributed by atoms with Gasteiger partial charge in [0, 0.05) is 51.8 Å². The van der Waals surface area contributed by atoms with Crippen LogP contribution in [0.4, 0.5) is 0 Å². The first-order chi connectivity index (χ1) is 23.4. The van der Waals surface area contributed by atoms with E-state index in [9.17, 15) is 9.59 Å². The van der Waals surface area contributed by atoms with Gasteiger partial charge in [0.15, 0.2) is 0 Å². The average Bonchev–Trinajstić information content (AvgIpc) is 3.13. The Labute approximate surface area is 287 Å². The first-order valence-corrected chi connectivity index (χ1v) is 17.1. The number of nitrogens with zero attached hydrogens (tertiary/aromatic N) is 3. The van der Waals surface area contributed by atoms with E-state index in [1.54, 1.807) is 24.2 Å². The first kappa shape index (κ1) is 36.2. The summed E-state index contributed by atoms with van der Waals surface area (Å²) >= 11 is 0. The smallest absolute Gasteiger partial charge is 0.247 e. The van der Waals surface area contributed by atoms with Crippen LogP contribution in [0.3, 0.4) is 0 Å². The summed E-state index contributed by atoms with van der Waals surface area (Å²) < 4.78 is 5.29. The van der Waals surface area contributed by atoms with Gasteiger partial charge in [0.2, 0.25) is 11.8 Å². The summed E-state index contributed by atoms with van der Waals surface area (Å²) in [6.45, 7) is 13.7. The van der Waals surface area contributed by atoms with Gasteiger partial charge in [-0.25, -0.2) is 0 Å². The van der Waals surface area contributed by atoms with Gasteiger partial charge in [-0.15, -0.1) is 0 Å². The number of hydrogen-bond donors (Lipinski definition) is 0. The van der Waals surface area contributed by atoms with E-state index >= 15 is 0 Å². The molecular formula is C42H51N3O3. The summed E-state index contributed by atoms with van der Waals surface area (Å²) in [6.07, 6.45) is 14.0. The van der Waals surface area contributed by atoms with E-state index in [4.69, 9.17) is 4.74 Å². The average molecular weight is 646 g/mol. The van der Waals surface area contributed by atoms with Gasteiger partial charge in [0.25, 0.3) is 0 Å². The molecule has 0 aliphatic carbocycles. The molecule has 0 spiro atoms. The maximum Gasteiger partial charge on any atom is 0.247 e. The SMILES string of the molecule is C=C/C=C(\C=C)CN1CCN(C(=O)[C@H](Cc2ccccc2)N(Cc2ccc(CCCCC)cc2)C(=O)/C=C/c2ccc(OC)cc2)CC1. The third kappa shape index (κ3) is 11.0. The number of aryl methyl sites for hydroxylation is 1. The monoisotopic (exact) mass is 645 g/mol. The third-order valence-corrected chi connectivity index (χ3v) is 8.88. The molecule has 0 radical (unpaired) electrons. The summed E-state index contributed by atoms with van der Waals surface area (Å²) in [5.74, 6) is 0.534. The molecule has 0 bridgehead atoms. The fourth-order valence-electron chi connectivity index (χ4n) is 6.01. The molecule has 1 aliphatic rings. The van der Waals surface area contributed by atoms with Crippen molar-refractivity contribution in [2.24, 2.45) is 0 Å². The molecule has 6 nitrogen and oxygen atoms in total. The molecule has 0 unspecified atom stereocenters. The Bertz CT molecular complexity index is 1520. The molecule has 1 aliphatic heterocycles. The van der Waals surface area contributed by atoms with E-state index in [1.807, 2.05) is 77.7 Å². The molecule has 1 saturated heterocycles. The van der Waals surface area contributed by atoms with Crippen molar-refractivity contribution in [3.8, 4) is 5.75 Å². The summed E-state index contributed by atoms with van der Waals surface area (Å²) in [6, 6.07) is 25.4. The van der Waals surface area contributed by atoms with Crippen molar-refractivity contribution in [2.45, 2.75) is 51.6 Å². The predicted molar refractivity (Wildman–Crippen MR) is 198 cm³/mol. The zero-order valence-electron chi connectivity index (χ0n) is 28.7. The molecule has 1 heterocycles. The molecular weight excluding hydrogens is 594 g/mol. The van der Waals surface area contributed by atoms with Crippen LogP contribution in [0.15, 0.2) is 122 Å². The largest absolute Gasteiger partial charge is 0.497 e. The fraction of sp³-hybridized carbons (Fsp3) is 0.333. The molecule has 1 fully saturated rings. The van der Waals surface area contributed by atoms with Crippen molar-refractivity contribution >= 4 is 17.9 Å². The van der Waals surface area contributed by atoms with Crippen molar-refractivity contribution in [3.63, 3.8) is 0 Å². The minimum atomic E-state index is -0.666. The Hall–Kier alpha value is -4.68. The second kappa shape index (κ2) is 19.2. The van der Waals surface area contributed by atoms with Crippen molar-refractivity contribution in [1.29, 1.82) is 0 Å². The Morgan fingerprint density at radius 1 is 0.875 bits per heavy atom. The lowest BCUT2D eigenvalue weighted by molar-refractivity contribution is -0.145. The summed E-state index contributed by atoms with van der Waals surface area (Å²) in [4.78, 5) is 34.7. The van der Waals surface area contributed by atoms with Crippen LogP contribution in [-0.2, 0) is 29.0 Å². The molecule has 6 heteroatoms. The van der Waals surface area contributed by atoms with E-state index in [1.165, 1.54) is 18.4 Å². The number of piperazine rings is 1. The van der Waals surface area contributed by atoms with Crippen LogP contribution in [0.25, 0.3) is 6.08 Å². The molecule has 252 valence electrons. The molecule has 0 aromatic heterocycles. The highest BCUT2D eigenvalue weighted by atomic mass is 16.5. The normalized spacial score (nSPS) is 14.5. The van der Waals surface area contributed by atoms with Crippen LogP contribution in [0, 0.1) is 0 Å². The van der Waals surface area contributed by atoms with Crippen LogP contribution in [0.5, 0.6) is 5.75 Å². The van der Waals surface area contributed by atoms with E-state index < -0.39 is 6.04 Å². The second-order valence-electron chi connectivity index (χ2n) is 12.3. The molecule has 4 rings (SSSR count). The molecule has 0 N–H and O–H groups in total. The van der Waals surface area contributed by atoms with Crippen LogP contribution < -0.4 is 4.74 Å². The molecule has 2 amide bonds. The summed E-state index contributed by atoms with van der Waals surface area (Å²) in [7, 11) is 1.63. The number of carbonyl (C=O) groups excluding carboxylic acids is 2. The molecule has 1 atom stereocenters. The number of hydrogen-bond acceptors (Lipinski definition) is 4. The number of amides is 2. The third-order valence-electron chi connectivity index (χ3n) is 8.88. The number of benzene rings is 3. The van der Waals surface area contributed by atoms with E-state index in [0.717, 1.165) is 60.5 Å². The van der Waals surface area contributed by atoms with Crippen molar-refractivity contribution < 1.29 is 14.3 Å². The predicted octanol–water partition coefficient (Wildman–Crippen LogP) is 7.52. The van der Waals surface area contributed by atoms with E-state index in [-0.39, 0.29) is 11.8 Å². The Morgan fingerprint density at radius 2 is 1.56 bits per heavy atom. The van der Waals surface area contributed by atoms with Crippen molar-refractivity contribution in [2.75, 3.05) is 39.8 Å². The maximum atomic E-state index is 14.5. The lowest BCUT2D eigenvalue weighted by atomic mass is 10.0. The van der Waals surface area contributed by atoms with Gasteiger partial charge in [0.1, 0.15) is 11.8 Å². The number of unbranched alkanes of at least 4 members (excludes halogenated alkanes) is 2. The zero-order valence-corrected chi connectivity index (χ0v) is 28.7. The van der Waals surface area contributed by atoms with Crippen molar-refractivity contribution in [1.82, 2.24) is 14.7 Å². The van der Waals surface area contributed by atoms with Crippen LogP contribution in [0.1, 0.15) is 48.4 Å². The van der Waals surface area contributed by atoms with Gasteiger partial charge < -0.3 is 14.5 Å². The fourth-order valence-corrected chi connectivity index (χ4v) is 6.01.